The molecule has 0 aromatic carbocycles. The van der Waals surface area contributed by atoms with Crippen molar-refractivity contribution >= 4 is 11.7 Å². The summed E-state index contributed by atoms with van der Waals surface area (Å²) in [4.78, 5) is 17.9. The maximum Gasteiger partial charge on any atom is 0.252 e. The number of piperidine rings is 1. The Labute approximate surface area is 118 Å². The third kappa shape index (κ3) is 2.26. The smallest absolute Gasteiger partial charge is 0.252 e. The normalized spacial score (nSPS) is 29.9. The van der Waals surface area contributed by atoms with E-state index in [0.717, 1.165) is 38.8 Å². The van der Waals surface area contributed by atoms with Gasteiger partial charge in [0.15, 0.2) is 0 Å². The highest BCUT2D eigenvalue weighted by atomic mass is 16.3. The summed E-state index contributed by atoms with van der Waals surface area (Å²) in [6.07, 6.45) is 6.66. The second kappa shape index (κ2) is 5.05. The number of anilines is 1. The molecule has 2 atom stereocenters. The first-order valence-electron chi connectivity index (χ1n) is 7.32. The Kier molecular flexibility index (Phi) is 3.38. The molecule has 0 unspecified atom stereocenters. The highest BCUT2D eigenvalue weighted by Gasteiger charge is 2.43. The molecule has 0 radical (unpaired) electrons. The van der Waals surface area contributed by atoms with E-state index in [1.807, 2.05) is 0 Å². The van der Waals surface area contributed by atoms with Gasteiger partial charge < -0.3 is 15.7 Å². The SMILES string of the molecule is NC(=O)c1cccnc1N1CC[C@@]2(O)CCCC[C@H]2C1. The summed E-state index contributed by atoms with van der Waals surface area (Å²) in [5, 5.41) is 10.7. The second-order valence-corrected chi connectivity index (χ2v) is 5.98. The minimum Gasteiger partial charge on any atom is -0.389 e. The van der Waals surface area contributed by atoms with Gasteiger partial charge in [-0.25, -0.2) is 4.98 Å². The maximum atomic E-state index is 11.5. The summed E-state index contributed by atoms with van der Waals surface area (Å²) >= 11 is 0. The fraction of sp³-hybridized carbons (Fsp3) is 0.600. The molecule has 0 spiro atoms. The molecule has 0 bridgehead atoms. The Balaban J connectivity index is 1.85. The van der Waals surface area contributed by atoms with Crippen LogP contribution in [0.2, 0.25) is 0 Å². The van der Waals surface area contributed by atoms with Crippen molar-refractivity contribution in [2.45, 2.75) is 37.7 Å². The molecular formula is C15H21N3O2. The van der Waals surface area contributed by atoms with Gasteiger partial charge in [-0.1, -0.05) is 12.8 Å². The number of nitrogens with zero attached hydrogens (tertiary/aromatic N) is 2. The zero-order valence-corrected chi connectivity index (χ0v) is 11.6. The van der Waals surface area contributed by atoms with E-state index in [2.05, 4.69) is 9.88 Å². The van der Waals surface area contributed by atoms with Crippen molar-refractivity contribution in [2.75, 3.05) is 18.0 Å². The van der Waals surface area contributed by atoms with Crippen LogP contribution in [0.25, 0.3) is 0 Å². The molecule has 1 amide bonds. The fourth-order valence-electron chi connectivity index (χ4n) is 3.60. The van der Waals surface area contributed by atoms with Crippen LogP contribution in [0, 0.1) is 5.92 Å². The largest absolute Gasteiger partial charge is 0.389 e. The molecule has 108 valence electrons. The van der Waals surface area contributed by atoms with E-state index in [-0.39, 0.29) is 5.92 Å². The minimum absolute atomic E-state index is 0.271. The number of primary amides is 1. The molecule has 5 heteroatoms. The van der Waals surface area contributed by atoms with E-state index in [9.17, 15) is 9.90 Å². The number of aromatic nitrogens is 1. The fourth-order valence-corrected chi connectivity index (χ4v) is 3.60. The topological polar surface area (TPSA) is 79.5 Å². The van der Waals surface area contributed by atoms with Crippen LogP contribution in [-0.4, -0.2) is 34.7 Å². The van der Waals surface area contributed by atoms with E-state index in [1.165, 1.54) is 6.42 Å². The lowest BCUT2D eigenvalue weighted by atomic mass is 9.71. The lowest BCUT2D eigenvalue weighted by Crippen LogP contribution is -2.53. The molecule has 3 rings (SSSR count). The van der Waals surface area contributed by atoms with Gasteiger partial charge in [0.2, 0.25) is 0 Å². The summed E-state index contributed by atoms with van der Waals surface area (Å²) in [6, 6.07) is 3.44. The molecule has 2 fully saturated rings. The molecule has 2 aliphatic rings. The Hall–Kier alpha value is -1.62. The monoisotopic (exact) mass is 275 g/mol. The number of hydrogen-bond donors (Lipinski definition) is 2. The van der Waals surface area contributed by atoms with E-state index in [1.54, 1.807) is 18.3 Å². The number of fused-ring (bicyclic) bond motifs is 1. The lowest BCUT2D eigenvalue weighted by Gasteiger charge is -2.47. The maximum absolute atomic E-state index is 11.5. The molecule has 1 aliphatic carbocycles. The Morgan fingerprint density at radius 1 is 1.45 bits per heavy atom. The van der Waals surface area contributed by atoms with Gasteiger partial charge in [0.25, 0.3) is 5.91 Å². The summed E-state index contributed by atoms with van der Waals surface area (Å²) in [6.45, 7) is 1.48. The Bertz CT molecular complexity index is 520. The van der Waals surface area contributed by atoms with Gasteiger partial charge in [0, 0.05) is 25.2 Å². The van der Waals surface area contributed by atoms with Crippen LogP contribution in [0.3, 0.4) is 0 Å². The quantitative estimate of drug-likeness (QED) is 0.853. The van der Waals surface area contributed by atoms with E-state index < -0.39 is 11.5 Å². The van der Waals surface area contributed by atoms with Crippen LogP contribution in [0.15, 0.2) is 18.3 Å². The highest BCUT2D eigenvalue weighted by Crippen LogP contribution is 2.40. The van der Waals surface area contributed by atoms with Crippen molar-refractivity contribution in [1.29, 1.82) is 0 Å². The molecule has 1 aromatic rings. The predicted molar refractivity (Wildman–Crippen MR) is 76.5 cm³/mol. The average Bonchev–Trinajstić information content (AvgIpc) is 2.46. The first kappa shape index (κ1) is 13.4. The van der Waals surface area contributed by atoms with Crippen molar-refractivity contribution in [1.82, 2.24) is 4.98 Å². The summed E-state index contributed by atoms with van der Waals surface area (Å²) in [7, 11) is 0. The highest BCUT2D eigenvalue weighted by molar-refractivity contribution is 5.97. The van der Waals surface area contributed by atoms with Gasteiger partial charge in [0.05, 0.1) is 11.2 Å². The van der Waals surface area contributed by atoms with Crippen molar-refractivity contribution < 1.29 is 9.90 Å². The van der Waals surface area contributed by atoms with Crippen LogP contribution in [-0.2, 0) is 0 Å². The van der Waals surface area contributed by atoms with Gasteiger partial charge in [-0.2, -0.15) is 0 Å². The third-order valence-corrected chi connectivity index (χ3v) is 4.78. The molecule has 5 nitrogen and oxygen atoms in total. The van der Waals surface area contributed by atoms with Gasteiger partial charge in [-0.05, 0) is 31.4 Å². The van der Waals surface area contributed by atoms with Crippen molar-refractivity contribution in [2.24, 2.45) is 11.7 Å². The number of nitrogens with two attached hydrogens (primary N) is 1. The lowest BCUT2D eigenvalue weighted by molar-refractivity contribution is -0.0613. The van der Waals surface area contributed by atoms with Crippen molar-refractivity contribution in [3.63, 3.8) is 0 Å². The summed E-state index contributed by atoms with van der Waals surface area (Å²) < 4.78 is 0. The van der Waals surface area contributed by atoms with Gasteiger partial charge in [-0.15, -0.1) is 0 Å². The van der Waals surface area contributed by atoms with Gasteiger partial charge in [-0.3, -0.25) is 4.79 Å². The molecule has 20 heavy (non-hydrogen) atoms. The zero-order chi connectivity index (χ0) is 14.2. The number of hydrogen-bond acceptors (Lipinski definition) is 4. The summed E-state index contributed by atoms with van der Waals surface area (Å²) in [5.41, 5.74) is 5.37. The van der Waals surface area contributed by atoms with E-state index >= 15 is 0 Å². The van der Waals surface area contributed by atoms with Crippen LogP contribution >= 0.6 is 0 Å². The number of pyridine rings is 1. The predicted octanol–water partition coefficient (Wildman–Crippen LogP) is 1.31. The Morgan fingerprint density at radius 2 is 2.30 bits per heavy atom. The Morgan fingerprint density at radius 3 is 3.10 bits per heavy atom. The second-order valence-electron chi connectivity index (χ2n) is 5.98. The van der Waals surface area contributed by atoms with E-state index in [0.29, 0.717) is 11.4 Å². The van der Waals surface area contributed by atoms with Gasteiger partial charge in [0.1, 0.15) is 5.82 Å². The minimum atomic E-state index is -0.517. The molecular weight excluding hydrogens is 254 g/mol. The molecule has 1 saturated heterocycles. The first-order chi connectivity index (χ1) is 9.60. The average molecular weight is 275 g/mol. The van der Waals surface area contributed by atoms with E-state index in [4.69, 9.17) is 5.73 Å². The number of carbonyl (C=O) groups is 1. The number of rotatable bonds is 2. The summed E-state index contributed by atoms with van der Waals surface area (Å²) in [5.74, 6) is 0.484. The first-order valence-corrected chi connectivity index (χ1v) is 7.32. The van der Waals surface area contributed by atoms with Crippen molar-refractivity contribution in [3.8, 4) is 0 Å². The number of carbonyl (C=O) groups excluding carboxylic acids is 1. The van der Waals surface area contributed by atoms with Crippen LogP contribution < -0.4 is 10.6 Å². The number of amides is 1. The van der Waals surface area contributed by atoms with Crippen LogP contribution in [0.5, 0.6) is 0 Å². The van der Waals surface area contributed by atoms with Crippen LogP contribution in [0.1, 0.15) is 42.5 Å². The zero-order valence-electron chi connectivity index (χ0n) is 11.6. The van der Waals surface area contributed by atoms with Crippen molar-refractivity contribution in [3.05, 3.63) is 23.9 Å². The molecule has 1 aliphatic heterocycles. The van der Waals surface area contributed by atoms with Gasteiger partial charge >= 0.3 is 0 Å². The molecule has 1 aromatic heterocycles. The molecule has 3 N–H and O–H groups in total. The standard InChI is InChI=1S/C15H21N3O2/c16-13(19)12-5-3-8-17-14(12)18-9-7-15(20)6-2-1-4-11(15)10-18/h3,5,8,11,20H,1-2,4,6-7,9-10H2,(H2,16,19)/t11-,15-/m0/s1. The third-order valence-electron chi connectivity index (χ3n) is 4.78. The number of aliphatic hydroxyl groups is 1. The van der Waals surface area contributed by atoms with Crippen LogP contribution in [0.4, 0.5) is 5.82 Å². The molecule has 2 heterocycles. The molecule has 1 saturated carbocycles.